The Hall–Kier alpha value is -3.81. The molecule has 3 aliphatic carbocycles. The van der Waals surface area contributed by atoms with E-state index in [1.807, 2.05) is 0 Å². The van der Waals surface area contributed by atoms with Gasteiger partial charge in [0, 0.05) is 34.1 Å². The molecule has 4 aliphatic rings. The lowest BCUT2D eigenvalue weighted by molar-refractivity contribution is -0.352. The Labute approximate surface area is 278 Å². The fraction of sp³-hybridized carbons (Fsp3) is 0.629. The minimum atomic E-state index is -1.84. The van der Waals surface area contributed by atoms with Gasteiger partial charge in [-0.2, -0.15) is 0 Å². The molecule has 2 N–H and O–H groups in total. The topological polar surface area (TPSA) is 181 Å². The van der Waals surface area contributed by atoms with E-state index >= 15 is 0 Å². The third-order valence-corrected chi connectivity index (χ3v) is 10.8. The molecule has 0 amide bonds. The maximum absolute atomic E-state index is 13.9. The van der Waals surface area contributed by atoms with E-state index in [1.165, 1.54) is 46.8 Å². The lowest BCUT2D eigenvalue weighted by Crippen LogP contribution is -2.79. The van der Waals surface area contributed by atoms with Crippen LogP contribution in [-0.2, 0) is 47.6 Å². The Morgan fingerprint density at radius 2 is 1.46 bits per heavy atom. The summed E-state index contributed by atoms with van der Waals surface area (Å²) in [6.45, 7) is 10.8. The number of esters is 5. The van der Waals surface area contributed by atoms with E-state index in [0.29, 0.717) is 5.57 Å². The van der Waals surface area contributed by atoms with Crippen molar-refractivity contribution in [2.45, 2.75) is 116 Å². The maximum atomic E-state index is 13.9. The van der Waals surface area contributed by atoms with Crippen LogP contribution in [0.3, 0.4) is 0 Å². The molecule has 0 aromatic heterocycles. The van der Waals surface area contributed by atoms with E-state index in [1.54, 1.807) is 32.0 Å². The van der Waals surface area contributed by atoms with Crippen LogP contribution in [0.1, 0.15) is 78.6 Å². The summed E-state index contributed by atoms with van der Waals surface area (Å²) in [6.07, 6.45) is -7.94. The summed E-state index contributed by atoms with van der Waals surface area (Å²) < 4.78 is 36.7. The molecule has 13 nitrogen and oxygen atoms in total. The van der Waals surface area contributed by atoms with Crippen molar-refractivity contribution in [3.63, 3.8) is 0 Å². The van der Waals surface area contributed by atoms with Gasteiger partial charge >= 0.3 is 29.8 Å². The SMILES string of the molecule is CC(=O)O[C@@H]1[C@H]2[C@]3(OC(C)=O)CO[C@@H]3C[C@@H](OC(C)=O)[C@@]2(C)[C@@H](OC(C)=O)[C@H](OC(=O)c2ccccc2)C2=C(C)[C@@H](O)C[C@]21C(C)(C)O. The second kappa shape index (κ2) is 12.3. The predicted octanol–water partition coefficient (Wildman–Crippen LogP) is 2.59. The van der Waals surface area contributed by atoms with Gasteiger partial charge in [-0.3, -0.25) is 19.2 Å². The average Bonchev–Trinajstić information content (AvgIpc) is 3.21. The highest BCUT2D eigenvalue weighted by molar-refractivity contribution is 5.89. The molecule has 0 spiro atoms. The summed E-state index contributed by atoms with van der Waals surface area (Å²) in [5.74, 6) is -4.96. The number of carbonyl (C=O) groups excluding carboxylic acids is 5. The minimum Gasteiger partial charge on any atom is -0.462 e. The molecule has 2 saturated carbocycles. The smallest absolute Gasteiger partial charge is 0.338 e. The molecular formula is C35H44O13. The molecule has 1 saturated heterocycles. The average molecular weight is 673 g/mol. The number of hydrogen-bond acceptors (Lipinski definition) is 13. The van der Waals surface area contributed by atoms with Crippen molar-refractivity contribution in [1.82, 2.24) is 0 Å². The quantitative estimate of drug-likeness (QED) is 0.245. The molecule has 1 aliphatic heterocycles. The summed E-state index contributed by atoms with van der Waals surface area (Å²) in [6, 6.07) is 8.08. The Balaban J connectivity index is 1.93. The molecule has 0 bridgehead atoms. The Kier molecular flexibility index (Phi) is 9.07. The molecule has 3 fully saturated rings. The number of aliphatic hydroxyl groups is 2. The maximum Gasteiger partial charge on any atom is 0.338 e. The highest BCUT2D eigenvalue weighted by Gasteiger charge is 2.80. The van der Waals surface area contributed by atoms with E-state index < -0.39 is 94.4 Å². The van der Waals surface area contributed by atoms with Gasteiger partial charge in [-0.25, -0.2) is 4.79 Å². The molecule has 0 unspecified atom stereocenters. The van der Waals surface area contributed by atoms with Crippen molar-refractivity contribution in [3.05, 3.63) is 47.0 Å². The summed E-state index contributed by atoms with van der Waals surface area (Å²) in [5.41, 5.74) is -6.14. The number of benzene rings is 1. The molecule has 1 aromatic rings. The van der Waals surface area contributed by atoms with E-state index in [2.05, 4.69) is 0 Å². The van der Waals surface area contributed by atoms with Crippen LogP contribution in [0.15, 0.2) is 41.5 Å². The molecule has 262 valence electrons. The van der Waals surface area contributed by atoms with Gasteiger partial charge in [-0.15, -0.1) is 0 Å². The van der Waals surface area contributed by atoms with Crippen LogP contribution >= 0.6 is 0 Å². The van der Waals surface area contributed by atoms with Crippen molar-refractivity contribution in [2.75, 3.05) is 6.61 Å². The van der Waals surface area contributed by atoms with Crippen LogP contribution in [0, 0.1) is 16.7 Å². The van der Waals surface area contributed by atoms with Gasteiger partial charge < -0.3 is 38.6 Å². The third kappa shape index (κ3) is 5.39. The van der Waals surface area contributed by atoms with Crippen LogP contribution in [-0.4, -0.2) is 94.5 Å². The number of rotatable bonds is 7. The number of carbonyl (C=O) groups is 5. The van der Waals surface area contributed by atoms with Crippen molar-refractivity contribution >= 4 is 29.8 Å². The molecule has 0 radical (unpaired) electrons. The highest BCUT2D eigenvalue weighted by Crippen LogP contribution is 2.68. The van der Waals surface area contributed by atoms with Crippen LogP contribution in [0.2, 0.25) is 0 Å². The Bertz CT molecular complexity index is 1530. The third-order valence-electron chi connectivity index (χ3n) is 10.8. The van der Waals surface area contributed by atoms with Gasteiger partial charge in [0.15, 0.2) is 17.8 Å². The lowest BCUT2D eigenvalue weighted by atomic mass is 9.49. The Morgan fingerprint density at radius 1 is 0.875 bits per heavy atom. The van der Waals surface area contributed by atoms with Gasteiger partial charge in [0.25, 0.3) is 0 Å². The van der Waals surface area contributed by atoms with Crippen molar-refractivity contribution in [2.24, 2.45) is 16.7 Å². The largest absolute Gasteiger partial charge is 0.462 e. The van der Waals surface area contributed by atoms with Crippen molar-refractivity contribution < 1.29 is 62.6 Å². The first-order chi connectivity index (χ1) is 22.3. The second-order valence-electron chi connectivity index (χ2n) is 14.1. The number of aliphatic hydroxyl groups excluding tert-OH is 1. The summed E-state index contributed by atoms with van der Waals surface area (Å²) in [4.78, 5) is 65.7. The predicted molar refractivity (Wildman–Crippen MR) is 165 cm³/mol. The van der Waals surface area contributed by atoms with E-state index in [4.69, 9.17) is 28.4 Å². The first-order valence-electron chi connectivity index (χ1n) is 16.0. The standard InChI is InChI=1S/C35H44O13/c1-17-23(40)15-34(32(6,7)42)26(17)27(47-31(41)22-12-10-9-11-13-22)29(45-19(3)37)33(8)24(44-18(2)36)14-25-35(16-43-25,48-21(5)39)28(33)30(34)46-20(4)38/h9-13,23-25,27-30,40,42H,14-16H2,1-8H3/t23-,24+,25+,27+,28+,29-,30+,33+,34-,35-/m0/s1. The first kappa shape index (κ1) is 35.5. The molecule has 1 aromatic carbocycles. The second-order valence-corrected chi connectivity index (χ2v) is 14.1. The zero-order chi connectivity index (χ0) is 35.6. The van der Waals surface area contributed by atoms with E-state index in [9.17, 15) is 34.2 Å². The fourth-order valence-electron chi connectivity index (χ4n) is 8.97. The number of hydrogen-bond donors (Lipinski definition) is 2. The summed E-state index contributed by atoms with van der Waals surface area (Å²) in [5, 5.41) is 23.9. The molecule has 5 rings (SSSR count). The fourth-order valence-corrected chi connectivity index (χ4v) is 8.97. The molecule has 10 atom stereocenters. The highest BCUT2D eigenvalue weighted by atomic mass is 16.6. The molecule has 48 heavy (non-hydrogen) atoms. The molecular weight excluding hydrogens is 628 g/mol. The lowest BCUT2D eigenvalue weighted by Gasteiger charge is -2.65. The first-order valence-corrected chi connectivity index (χ1v) is 16.0. The van der Waals surface area contributed by atoms with Crippen LogP contribution in [0.5, 0.6) is 0 Å². The van der Waals surface area contributed by atoms with Gasteiger partial charge in [-0.05, 0) is 50.5 Å². The van der Waals surface area contributed by atoms with Crippen molar-refractivity contribution in [1.29, 1.82) is 0 Å². The Morgan fingerprint density at radius 3 is 1.96 bits per heavy atom. The summed E-state index contributed by atoms with van der Waals surface area (Å²) >= 11 is 0. The van der Waals surface area contributed by atoms with Crippen LogP contribution in [0.25, 0.3) is 0 Å². The van der Waals surface area contributed by atoms with Crippen LogP contribution < -0.4 is 0 Å². The minimum absolute atomic E-state index is 0.0278. The number of ether oxygens (including phenoxy) is 6. The number of fused-ring (bicyclic) bond motifs is 4. The van der Waals surface area contributed by atoms with Gasteiger partial charge in [0.05, 0.1) is 40.6 Å². The van der Waals surface area contributed by atoms with Gasteiger partial charge in [-0.1, -0.05) is 25.1 Å². The molecule has 13 heteroatoms. The zero-order valence-electron chi connectivity index (χ0n) is 28.4. The van der Waals surface area contributed by atoms with Crippen molar-refractivity contribution in [3.8, 4) is 0 Å². The molecule has 1 heterocycles. The summed E-state index contributed by atoms with van der Waals surface area (Å²) in [7, 11) is 0. The normalized spacial score (nSPS) is 37.0. The van der Waals surface area contributed by atoms with E-state index in [-0.39, 0.29) is 30.6 Å². The zero-order valence-corrected chi connectivity index (χ0v) is 28.4. The van der Waals surface area contributed by atoms with Gasteiger partial charge in [0.2, 0.25) is 0 Å². The monoisotopic (exact) mass is 672 g/mol. The van der Waals surface area contributed by atoms with E-state index in [0.717, 1.165) is 6.92 Å². The van der Waals surface area contributed by atoms with Gasteiger partial charge in [0.1, 0.15) is 18.3 Å². The van der Waals surface area contributed by atoms with Crippen LogP contribution in [0.4, 0.5) is 0 Å².